The van der Waals surface area contributed by atoms with Crippen LogP contribution in [0.5, 0.6) is 0 Å². The van der Waals surface area contributed by atoms with Crippen molar-refractivity contribution in [1.82, 2.24) is 14.7 Å². The van der Waals surface area contributed by atoms with Crippen molar-refractivity contribution in [2.45, 2.75) is 19.1 Å². The first kappa shape index (κ1) is 11.6. The SMILES string of the molecule is CCN1CCO[C@H](CN)[C@H]1c1ccnn1C. The van der Waals surface area contributed by atoms with Gasteiger partial charge in [0.05, 0.1) is 24.4 Å². The number of aromatic nitrogens is 2. The number of rotatable bonds is 3. The maximum absolute atomic E-state index is 5.79. The summed E-state index contributed by atoms with van der Waals surface area (Å²) in [5.41, 5.74) is 6.96. The molecular weight excluding hydrogens is 204 g/mol. The van der Waals surface area contributed by atoms with E-state index in [0.717, 1.165) is 19.7 Å². The van der Waals surface area contributed by atoms with E-state index in [-0.39, 0.29) is 12.1 Å². The highest BCUT2D eigenvalue weighted by molar-refractivity contribution is 5.10. The molecular formula is C11H20N4O. The van der Waals surface area contributed by atoms with Crippen LogP contribution in [0.25, 0.3) is 0 Å². The molecule has 0 aromatic carbocycles. The van der Waals surface area contributed by atoms with E-state index in [1.54, 1.807) is 0 Å². The fourth-order valence-electron chi connectivity index (χ4n) is 2.39. The molecule has 0 unspecified atom stereocenters. The van der Waals surface area contributed by atoms with E-state index < -0.39 is 0 Å². The van der Waals surface area contributed by atoms with Crippen LogP contribution in [-0.2, 0) is 11.8 Å². The number of hydrogen-bond donors (Lipinski definition) is 1. The summed E-state index contributed by atoms with van der Waals surface area (Å²) < 4.78 is 7.65. The second kappa shape index (κ2) is 4.95. The molecule has 1 aromatic heterocycles. The topological polar surface area (TPSA) is 56.3 Å². The molecule has 90 valence electrons. The molecule has 1 aliphatic heterocycles. The number of nitrogens with two attached hydrogens (primary N) is 1. The first-order valence-electron chi connectivity index (χ1n) is 5.81. The molecule has 1 aromatic rings. The minimum Gasteiger partial charge on any atom is -0.374 e. The highest BCUT2D eigenvalue weighted by atomic mass is 16.5. The number of aryl methyl sites for hydroxylation is 1. The van der Waals surface area contributed by atoms with E-state index in [1.807, 2.05) is 24.0 Å². The Bertz CT molecular complexity index is 326. The lowest BCUT2D eigenvalue weighted by Gasteiger charge is -2.40. The van der Waals surface area contributed by atoms with Gasteiger partial charge < -0.3 is 10.5 Å². The Balaban J connectivity index is 2.28. The first-order valence-corrected chi connectivity index (χ1v) is 5.81. The van der Waals surface area contributed by atoms with Gasteiger partial charge in [0.25, 0.3) is 0 Å². The van der Waals surface area contributed by atoms with Crippen LogP contribution in [0.4, 0.5) is 0 Å². The van der Waals surface area contributed by atoms with E-state index in [9.17, 15) is 0 Å². The van der Waals surface area contributed by atoms with Crippen molar-refractivity contribution in [3.63, 3.8) is 0 Å². The summed E-state index contributed by atoms with van der Waals surface area (Å²) in [6.07, 6.45) is 1.90. The van der Waals surface area contributed by atoms with Crippen molar-refractivity contribution in [3.05, 3.63) is 18.0 Å². The van der Waals surface area contributed by atoms with Crippen LogP contribution >= 0.6 is 0 Å². The zero-order valence-electron chi connectivity index (χ0n) is 9.97. The zero-order valence-corrected chi connectivity index (χ0v) is 9.97. The normalized spacial score (nSPS) is 27.2. The van der Waals surface area contributed by atoms with Gasteiger partial charge in [-0.05, 0) is 12.6 Å². The van der Waals surface area contributed by atoms with Crippen LogP contribution in [-0.4, -0.2) is 47.0 Å². The van der Waals surface area contributed by atoms with Crippen LogP contribution < -0.4 is 5.73 Å². The Morgan fingerprint density at radius 1 is 1.62 bits per heavy atom. The second-order valence-corrected chi connectivity index (χ2v) is 4.10. The molecule has 5 heteroatoms. The molecule has 0 amide bonds. The average Bonchev–Trinajstić information content (AvgIpc) is 2.74. The van der Waals surface area contributed by atoms with Crippen LogP contribution in [0.15, 0.2) is 12.3 Å². The van der Waals surface area contributed by atoms with Crippen LogP contribution in [0.2, 0.25) is 0 Å². The molecule has 0 spiro atoms. The van der Waals surface area contributed by atoms with E-state index in [2.05, 4.69) is 16.9 Å². The molecule has 2 heterocycles. The fourth-order valence-corrected chi connectivity index (χ4v) is 2.39. The standard InChI is InChI=1S/C11H20N4O/c1-3-15-6-7-16-10(8-12)11(15)9-4-5-13-14(9)2/h4-5,10-11H,3,6-8,12H2,1-2H3/t10-,11-/m1/s1. The Morgan fingerprint density at radius 3 is 3.00 bits per heavy atom. The third-order valence-electron chi connectivity index (χ3n) is 3.26. The van der Waals surface area contributed by atoms with Crippen molar-refractivity contribution < 1.29 is 4.74 Å². The summed E-state index contributed by atoms with van der Waals surface area (Å²) in [4.78, 5) is 2.40. The highest BCUT2D eigenvalue weighted by Gasteiger charge is 2.33. The van der Waals surface area contributed by atoms with E-state index >= 15 is 0 Å². The number of ether oxygens (including phenoxy) is 1. The first-order chi connectivity index (χ1) is 7.77. The third-order valence-corrected chi connectivity index (χ3v) is 3.26. The summed E-state index contributed by atoms with van der Waals surface area (Å²) in [5.74, 6) is 0. The minimum atomic E-state index is 0.0732. The maximum Gasteiger partial charge on any atom is 0.0909 e. The van der Waals surface area contributed by atoms with Gasteiger partial charge >= 0.3 is 0 Å². The summed E-state index contributed by atoms with van der Waals surface area (Å²) in [6.45, 7) is 5.46. The predicted molar refractivity (Wildman–Crippen MR) is 62.0 cm³/mol. The van der Waals surface area contributed by atoms with Gasteiger partial charge in [-0.2, -0.15) is 5.10 Å². The molecule has 1 saturated heterocycles. The number of nitrogens with zero attached hydrogens (tertiary/aromatic N) is 3. The van der Waals surface area contributed by atoms with E-state index in [1.165, 1.54) is 5.69 Å². The summed E-state index contributed by atoms with van der Waals surface area (Å²) in [7, 11) is 1.96. The molecule has 0 bridgehead atoms. The average molecular weight is 224 g/mol. The second-order valence-electron chi connectivity index (χ2n) is 4.10. The zero-order chi connectivity index (χ0) is 11.5. The molecule has 0 aliphatic carbocycles. The third kappa shape index (κ3) is 1.98. The minimum absolute atomic E-state index is 0.0732. The van der Waals surface area contributed by atoms with Crippen molar-refractivity contribution in [3.8, 4) is 0 Å². The smallest absolute Gasteiger partial charge is 0.0909 e. The molecule has 0 radical (unpaired) electrons. The molecule has 5 nitrogen and oxygen atoms in total. The Morgan fingerprint density at radius 2 is 2.44 bits per heavy atom. The van der Waals surface area contributed by atoms with Gasteiger partial charge in [-0.25, -0.2) is 0 Å². The van der Waals surface area contributed by atoms with Gasteiger partial charge in [-0.1, -0.05) is 6.92 Å². The van der Waals surface area contributed by atoms with Crippen LogP contribution in [0.1, 0.15) is 18.7 Å². The van der Waals surface area contributed by atoms with Crippen molar-refractivity contribution in [2.75, 3.05) is 26.2 Å². The van der Waals surface area contributed by atoms with Gasteiger partial charge in [-0.15, -0.1) is 0 Å². The van der Waals surface area contributed by atoms with Crippen LogP contribution in [0.3, 0.4) is 0 Å². The molecule has 1 fully saturated rings. The van der Waals surface area contributed by atoms with Crippen molar-refractivity contribution in [1.29, 1.82) is 0 Å². The monoisotopic (exact) mass is 224 g/mol. The summed E-state index contributed by atoms with van der Waals surface area (Å²) in [6, 6.07) is 2.28. The van der Waals surface area contributed by atoms with E-state index in [4.69, 9.17) is 10.5 Å². The molecule has 2 rings (SSSR count). The van der Waals surface area contributed by atoms with Gasteiger partial charge in [0, 0.05) is 26.3 Å². The van der Waals surface area contributed by atoms with Crippen molar-refractivity contribution in [2.24, 2.45) is 12.8 Å². The lowest BCUT2D eigenvalue weighted by Crippen LogP contribution is -2.48. The molecule has 1 aliphatic rings. The largest absolute Gasteiger partial charge is 0.374 e. The molecule has 2 N–H and O–H groups in total. The van der Waals surface area contributed by atoms with Crippen molar-refractivity contribution >= 4 is 0 Å². The molecule has 16 heavy (non-hydrogen) atoms. The summed E-state index contributed by atoms with van der Waals surface area (Å²) in [5, 5.41) is 4.22. The Labute approximate surface area is 96.2 Å². The molecule has 0 saturated carbocycles. The lowest BCUT2D eigenvalue weighted by molar-refractivity contribution is -0.0682. The van der Waals surface area contributed by atoms with Gasteiger partial charge in [0.15, 0.2) is 0 Å². The highest BCUT2D eigenvalue weighted by Crippen LogP contribution is 2.28. The van der Waals surface area contributed by atoms with Gasteiger partial charge in [0.1, 0.15) is 0 Å². The van der Waals surface area contributed by atoms with Gasteiger partial charge in [0.2, 0.25) is 0 Å². The fraction of sp³-hybridized carbons (Fsp3) is 0.727. The van der Waals surface area contributed by atoms with Crippen LogP contribution in [0, 0.1) is 0 Å². The number of hydrogen-bond acceptors (Lipinski definition) is 4. The summed E-state index contributed by atoms with van der Waals surface area (Å²) >= 11 is 0. The number of likely N-dealkylation sites (N-methyl/N-ethyl adjacent to an activating group) is 1. The molecule has 2 atom stereocenters. The lowest BCUT2D eigenvalue weighted by atomic mass is 10.0. The quantitative estimate of drug-likeness (QED) is 0.793. The number of morpholine rings is 1. The van der Waals surface area contributed by atoms with E-state index in [0.29, 0.717) is 6.54 Å². The Hall–Kier alpha value is -0.910. The van der Waals surface area contributed by atoms with Gasteiger partial charge in [-0.3, -0.25) is 9.58 Å². The maximum atomic E-state index is 5.79. The Kier molecular flexibility index (Phi) is 3.58. The predicted octanol–water partition coefficient (Wildman–Crippen LogP) is 0.141.